The zero-order chi connectivity index (χ0) is 31.6. The largest absolute Gasteiger partial charge is 0.308 e. The first-order chi connectivity index (χ1) is 23.8. The summed E-state index contributed by atoms with van der Waals surface area (Å²) in [4.78, 5) is 15.2. The first-order valence-corrected chi connectivity index (χ1v) is 16.1. The third kappa shape index (κ3) is 4.01. The number of benzene rings is 6. The van der Waals surface area contributed by atoms with Crippen molar-refractivity contribution in [2.24, 2.45) is 0 Å². The van der Waals surface area contributed by atoms with Crippen LogP contribution in [0.3, 0.4) is 0 Å². The van der Waals surface area contributed by atoms with Crippen molar-refractivity contribution in [3.8, 4) is 34.0 Å². The molecule has 5 heteroatoms. The predicted molar refractivity (Wildman–Crippen MR) is 197 cm³/mol. The lowest BCUT2D eigenvalue weighted by molar-refractivity contribution is 1.01. The van der Waals surface area contributed by atoms with E-state index in [0.29, 0.717) is 5.95 Å². The van der Waals surface area contributed by atoms with Crippen LogP contribution in [0.4, 0.5) is 0 Å². The lowest BCUT2D eigenvalue weighted by atomic mass is 10.0. The van der Waals surface area contributed by atoms with E-state index in [1.165, 1.54) is 5.39 Å². The van der Waals surface area contributed by atoms with Crippen LogP contribution in [0.15, 0.2) is 164 Å². The van der Waals surface area contributed by atoms with E-state index in [1.807, 2.05) is 24.4 Å². The van der Waals surface area contributed by atoms with Crippen molar-refractivity contribution in [2.45, 2.75) is 0 Å². The lowest BCUT2D eigenvalue weighted by Crippen LogP contribution is -2.03. The smallest absolute Gasteiger partial charge is 0.235 e. The van der Waals surface area contributed by atoms with E-state index in [-0.39, 0.29) is 0 Å². The predicted octanol–water partition coefficient (Wildman–Crippen LogP) is 10.6. The van der Waals surface area contributed by atoms with Crippen molar-refractivity contribution >= 4 is 54.6 Å². The van der Waals surface area contributed by atoms with Crippen LogP contribution in [0.1, 0.15) is 0 Å². The summed E-state index contributed by atoms with van der Waals surface area (Å²) in [6, 6.07) is 55.3. The molecule has 224 valence electrons. The summed E-state index contributed by atoms with van der Waals surface area (Å²) in [5, 5.41) is 4.50. The van der Waals surface area contributed by atoms with Crippen LogP contribution >= 0.6 is 0 Å². The normalized spacial score (nSPS) is 11.8. The fraction of sp³-hybridized carbons (Fsp3) is 0. The minimum Gasteiger partial charge on any atom is -0.308 e. The molecule has 0 atom stereocenters. The molecule has 0 radical (unpaired) electrons. The van der Waals surface area contributed by atoms with Gasteiger partial charge >= 0.3 is 0 Å². The average molecular weight is 614 g/mol. The van der Waals surface area contributed by atoms with Crippen molar-refractivity contribution < 1.29 is 0 Å². The van der Waals surface area contributed by atoms with Crippen LogP contribution in [0, 0.1) is 0 Å². The van der Waals surface area contributed by atoms with Gasteiger partial charge in [-0.1, -0.05) is 103 Å². The highest BCUT2D eigenvalue weighted by Crippen LogP contribution is 2.38. The second-order valence-corrected chi connectivity index (χ2v) is 12.1. The number of nitrogens with zero attached hydrogens (tertiary/aromatic N) is 5. The molecular weight excluding hydrogens is 587 g/mol. The molecule has 5 nitrogen and oxygen atoms in total. The molecule has 0 aliphatic carbocycles. The topological polar surface area (TPSA) is 48.5 Å². The average Bonchev–Trinajstić information content (AvgIpc) is 3.67. The third-order valence-electron chi connectivity index (χ3n) is 9.38. The molecule has 0 unspecified atom stereocenters. The van der Waals surface area contributed by atoms with Gasteiger partial charge in [0, 0.05) is 39.0 Å². The van der Waals surface area contributed by atoms with Crippen molar-refractivity contribution in [1.82, 2.24) is 24.1 Å². The highest BCUT2D eigenvalue weighted by Gasteiger charge is 2.19. The zero-order valence-electron chi connectivity index (χ0n) is 25.8. The summed E-state index contributed by atoms with van der Waals surface area (Å²) in [7, 11) is 0. The van der Waals surface area contributed by atoms with Crippen LogP contribution in [-0.4, -0.2) is 24.1 Å². The first-order valence-electron chi connectivity index (χ1n) is 16.1. The second-order valence-electron chi connectivity index (χ2n) is 12.1. The number of fused-ring (bicyclic) bond motifs is 7. The SMILES string of the molecule is c1ccc(-c2nc(-n3c4ccccc4c4ccc(-c5ccc6c7ncccc7n(-c7ccccc7)c6c5)cc43)nc3ccccc23)cc1. The maximum absolute atomic E-state index is 5.27. The maximum atomic E-state index is 5.27. The Morgan fingerprint density at radius 2 is 1.02 bits per heavy atom. The highest BCUT2D eigenvalue weighted by molar-refractivity contribution is 6.11. The number of hydrogen-bond acceptors (Lipinski definition) is 3. The zero-order valence-corrected chi connectivity index (χ0v) is 25.8. The molecule has 48 heavy (non-hydrogen) atoms. The number of pyridine rings is 1. The molecule has 10 aromatic rings. The number of aromatic nitrogens is 5. The Labute approximate surface area is 276 Å². The first kappa shape index (κ1) is 26.6. The Kier molecular flexibility index (Phi) is 5.81. The summed E-state index contributed by atoms with van der Waals surface area (Å²) in [6.07, 6.45) is 1.87. The Balaban J connectivity index is 1.23. The van der Waals surface area contributed by atoms with Gasteiger partial charge < -0.3 is 4.57 Å². The summed E-state index contributed by atoms with van der Waals surface area (Å²) in [5.41, 5.74) is 11.6. The molecule has 0 saturated carbocycles. The third-order valence-corrected chi connectivity index (χ3v) is 9.38. The van der Waals surface area contributed by atoms with Gasteiger partial charge in [0.25, 0.3) is 0 Å². The number of rotatable bonds is 4. The molecule has 0 amide bonds. The Hall–Kier alpha value is -6.59. The fourth-order valence-corrected chi connectivity index (χ4v) is 7.21. The van der Waals surface area contributed by atoms with Gasteiger partial charge in [0.05, 0.1) is 38.8 Å². The summed E-state index contributed by atoms with van der Waals surface area (Å²) < 4.78 is 4.53. The minimum absolute atomic E-state index is 0.654. The standard InChI is InChI=1S/C43H27N5/c1-3-12-28(13-4-1)41-34-17-7-9-18-36(34)45-43(46-41)48-37-19-10-8-16-32(37)33-23-21-29(26-39(33)48)30-22-24-35-40(27-30)47(31-14-5-2-6-15-31)38-20-11-25-44-42(35)38/h1-27H. The molecule has 0 saturated heterocycles. The van der Waals surface area contributed by atoms with Gasteiger partial charge in [0.1, 0.15) is 0 Å². The van der Waals surface area contributed by atoms with Gasteiger partial charge in [-0.05, 0) is 65.7 Å². The van der Waals surface area contributed by atoms with E-state index >= 15 is 0 Å². The van der Waals surface area contributed by atoms with Crippen LogP contribution in [-0.2, 0) is 0 Å². The van der Waals surface area contributed by atoms with Crippen LogP contribution < -0.4 is 0 Å². The number of para-hydroxylation sites is 3. The van der Waals surface area contributed by atoms with E-state index in [0.717, 1.165) is 77.3 Å². The van der Waals surface area contributed by atoms with Crippen molar-refractivity contribution in [2.75, 3.05) is 0 Å². The molecule has 4 aromatic heterocycles. The van der Waals surface area contributed by atoms with E-state index in [9.17, 15) is 0 Å². The molecule has 0 spiro atoms. The van der Waals surface area contributed by atoms with Gasteiger partial charge in [-0.2, -0.15) is 0 Å². The minimum atomic E-state index is 0.654. The molecule has 0 N–H and O–H groups in total. The van der Waals surface area contributed by atoms with E-state index in [4.69, 9.17) is 15.0 Å². The fourth-order valence-electron chi connectivity index (χ4n) is 7.21. The van der Waals surface area contributed by atoms with Gasteiger partial charge in [-0.3, -0.25) is 9.55 Å². The van der Waals surface area contributed by atoms with Crippen LogP contribution in [0.25, 0.3) is 88.7 Å². The maximum Gasteiger partial charge on any atom is 0.235 e. The molecule has 0 fully saturated rings. The summed E-state index contributed by atoms with van der Waals surface area (Å²) in [5.74, 6) is 0.654. The Morgan fingerprint density at radius 1 is 0.396 bits per heavy atom. The highest BCUT2D eigenvalue weighted by atomic mass is 15.2. The molecule has 0 aliphatic rings. The second kappa shape index (κ2) is 10.5. The van der Waals surface area contributed by atoms with Gasteiger partial charge in [-0.25, -0.2) is 9.97 Å². The molecule has 0 bridgehead atoms. The van der Waals surface area contributed by atoms with E-state index < -0.39 is 0 Å². The Morgan fingerprint density at radius 3 is 1.83 bits per heavy atom. The van der Waals surface area contributed by atoms with E-state index in [2.05, 4.69) is 149 Å². The van der Waals surface area contributed by atoms with Gasteiger partial charge in [0.2, 0.25) is 5.95 Å². The number of hydrogen-bond donors (Lipinski definition) is 0. The molecular formula is C43H27N5. The van der Waals surface area contributed by atoms with Crippen molar-refractivity contribution in [3.05, 3.63) is 164 Å². The van der Waals surface area contributed by atoms with Gasteiger partial charge in [-0.15, -0.1) is 0 Å². The molecule has 10 rings (SSSR count). The van der Waals surface area contributed by atoms with Crippen LogP contribution in [0.5, 0.6) is 0 Å². The molecule has 0 aliphatic heterocycles. The molecule has 6 aromatic carbocycles. The monoisotopic (exact) mass is 613 g/mol. The van der Waals surface area contributed by atoms with Gasteiger partial charge in [0.15, 0.2) is 0 Å². The van der Waals surface area contributed by atoms with Crippen molar-refractivity contribution in [1.29, 1.82) is 0 Å². The lowest BCUT2D eigenvalue weighted by Gasteiger charge is -2.12. The van der Waals surface area contributed by atoms with E-state index in [1.54, 1.807) is 0 Å². The Bertz CT molecular complexity index is 2830. The quantitative estimate of drug-likeness (QED) is 0.198. The summed E-state index contributed by atoms with van der Waals surface area (Å²) >= 11 is 0. The molecule has 4 heterocycles. The summed E-state index contributed by atoms with van der Waals surface area (Å²) in [6.45, 7) is 0. The van der Waals surface area contributed by atoms with Crippen molar-refractivity contribution in [3.63, 3.8) is 0 Å². The van der Waals surface area contributed by atoms with Crippen LogP contribution in [0.2, 0.25) is 0 Å².